The minimum absolute atomic E-state index is 0.0725. The zero-order valence-electron chi connectivity index (χ0n) is 21.4. The first-order chi connectivity index (χ1) is 17.4. The number of aryl methyl sites for hydroxylation is 2. The molecule has 0 unspecified atom stereocenters. The van der Waals surface area contributed by atoms with Crippen molar-refractivity contribution in [3.05, 3.63) is 71.4 Å². The molecule has 0 aliphatic carbocycles. The summed E-state index contributed by atoms with van der Waals surface area (Å²) in [5.74, 6) is -0.320. The Morgan fingerprint density at radius 3 is 2.83 bits per heavy atom. The van der Waals surface area contributed by atoms with Crippen LogP contribution in [0, 0.1) is 18.8 Å². The number of hydrogen-bond acceptors (Lipinski definition) is 5. The molecule has 1 fully saturated rings. The van der Waals surface area contributed by atoms with E-state index in [2.05, 4.69) is 41.1 Å². The first-order valence-electron chi connectivity index (χ1n) is 13.1. The number of aliphatic carboxylic acids is 1. The number of rotatable bonds is 11. The Labute approximate surface area is 213 Å². The molecule has 0 spiro atoms. The van der Waals surface area contributed by atoms with Crippen molar-refractivity contribution in [2.45, 2.75) is 51.6 Å². The van der Waals surface area contributed by atoms with Gasteiger partial charge in [0, 0.05) is 18.1 Å². The van der Waals surface area contributed by atoms with E-state index in [4.69, 9.17) is 4.74 Å². The third kappa shape index (κ3) is 6.62. The molecule has 192 valence electrons. The lowest BCUT2D eigenvalue weighted by molar-refractivity contribution is -0.146. The number of hydrogen-bond donors (Lipinski definition) is 2. The van der Waals surface area contributed by atoms with Crippen LogP contribution in [0.4, 0.5) is 0 Å². The van der Waals surface area contributed by atoms with Crippen LogP contribution in [0.5, 0.6) is 5.75 Å². The number of aliphatic hydroxyl groups is 1. The maximum absolute atomic E-state index is 12.1. The molecule has 36 heavy (non-hydrogen) atoms. The lowest BCUT2D eigenvalue weighted by Crippen LogP contribution is -2.44. The summed E-state index contributed by atoms with van der Waals surface area (Å²) >= 11 is 0. The van der Waals surface area contributed by atoms with Gasteiger partial charge in [-0.15, -0.1) is 0 Å². The molecule has 1 saturated heterocycles. The molecule has 2 N–H and O–H groups in total. The fourth-order valence-electron chi connectivity index (χ4n) is 5.52. The number of likely N-dealkylation sites (tertiary alicyclic amines) is 1. The van der Waals surface area contributed by atoms with Crippen LogP contribution >= 0.6 is 0 Å². The van der Waals surface area contributed by atoms with Crippen molar-refractivity contribution in [1.29, 1.82) is 0 Å². The summed E-state index contributed by atoms with van der Waals surface area (Å²) in [4.78, 5) is 18.8. The van der Waals surface area contributed by atoms with Gasteiger partial charge >= 0.3 is 5.97 Å². The van der Waals surface area contributed by atoms with E-state index in [1.54, 1.807) is 13.3 Å². The number of piperidine rings is 1. The smallest absolute Gasteiger partial charge is 0.308 e. The minimum Gasteiger partial charge on any atom is -0.497 e. The number of aromatic nitrogens is 1. The number of carbonyl (C=O) groups is 1. The number of aliphatic hydroxyl groups excluding tert-OH is 1. The molecule has 3 aromatic rings. The number of ether oxygens (including phenoxy) is 1. The van der Waals surface area contributed by atoms with Gasteiger partial charge in [0.15, 0.2) is 0 Å². The average molecular weight is 491 g/mol. The molecule has 1 aliphatic rings. The molecule has 2 heterocycles. The lowest BCUT2D eigenvalue weighted by atomic mass is 9.81. The highest BCUT2D eigenvalue weighted by molar-refractivity contribution is 5.83. The Hall–Kier alpha value is -2.96. The number of carboxylic acid groups (broad SMARTS) is 1. The maximum Gasteiger partial charge on any atom is 0.308 e. The number of fused-ring (bicyclic) bond motifs is 1. The van der Waals surface area contributed by atoms with Crippen LogP contribution < -0.4 is 4.74 Å². The molecule has 2 aromatic carbocycles. The predicted molar refractivity (Wildman–Crippen MR) is 142 cm³/mol. The zero-order valence-corrected chi connectivity index (χ0v) is 21.4. The van der Waals surface area contributed by atoms with Crippen molar-refractivity contribution in [3.8, 4) is 5.75 Å². The first-order valence-corrected chi connectivity index (χ1v) is 13.1. The highest BCUT2D eigenvalue weighted by Gasteiger charge is 2.34. The number of carboxylic acids is 1. The molecule has 6 heteroatoms. The summed E-state index contributed by atoms with van der Waals surface area (Å²) in [5, 5.41) is 21.8. The van der Waals surface area contributed by atoms with E-state index in [-0.39, 0.29) is 5.92 Å². The molecular formula is C30H38N2O4. The van der Waals surface area contributed by atoms with Crippen LogP contribution in [0.15, 0.2) is 54.7 Å². The zero-order chi connectivity index (χ0) is 25.5. The van der Waals surface area contributed by atoms with Crippen LogP contribution in [0.2, 0.25) is 0 Å². The van der Waals surface area contributed by atoms with Gasteiger partial charge in [-0.05, 0) is 99.8 Å². The molecule has 6 nitrogen and oxygen atoms in total. The highest BCUT2D eigenvalue weighted by atomic mass is 16.5. The Morgan fingerprint density at radius 1 is 1.19 bits per heavy atom. The van der Waals surface area contributed by atoms with Crippen LogP contribution in [0.3, 0.4) is 0 Å². The lowest BCUT2D eigenvalue weighted by Gasteiger charge is -2.37. The number of nitrogens with zero attached hydrogens (tertiary/aromatic N) is 2. The third-order valence-electron chi connectivity index (χ3n) is 7.58. The van der Waals surface area contributed by atoms with Crippen molar-refractivity contribution in [2.75, 3.05) is 26.7 Å². The second-order valence-electron chi connectivity index (χ2n) is 10.1. The van der Waals surface area contributed by atoms with E-state index >= 15 is 0 Å². The summed E-state index contributed by atoms with van der Waals surface area (Å²) in [6, 6.07) is 16.1. The monoisotopic (exact) mass is 490 g/mol. The summed E-state index contributed by atoms with van der Waals surface area (Å²) in [6.07, 6.45) is 6.36. The van der Waals surface area contributed by atoms with Gasteiger partial charge in [-0.2, -0.15) is 0 Å². The molecular weight excluding hydrogens is 452 g/mol. The van der Waals surface area contributed by atoms with Crippen molar-refractivity contribution in [3.63, 3.8) is 0 Å². The summed E-state index contributed by atoms with van der Waals surface area (Å²) in [6.45, 7) is 4.57. The maximum atomic E-state index is 12.1. The van der Waals surface area contributed by atoms with Crippen LogP contribution in [0.25, 0.3) is 10.9 Å². The minimum atomic E-state index is -0.724. The molecule has 4 rings (SSSR count). The summed E-state index contributed by atoms with van der Waals surface area (Å²) in [7, 11) is 1.62. The quantitative estimate of drug-likeness (QED) is 0.350. The van der Waals surface area contributed by atoms with Gasteiger partial charge in [-0.25, -0.2) is 0 Å². The number of benzene rings is 2. The fraction of sp³-hybridized carbons (Fsp3) is 0.467. The van der Waals surface area contributed by atoms with Crippen LogP contribution in [-0.4, -0.2) is 52.8 Å². The predicted octanol–water partition coefficient (Wildman–Crippen LogP) is 5.41. The standard InChI is InChI=1S/C30H38N2O4/c1-21-6-5-8-22(18-21)7-3-4-16-32-17-14-23(27(20-32)30(34)35)9-12-29(33)25-13-15-31-28-11-10-24(36-2)19-26(25)28/h5-6,8,10-11,13,15,18-19,23,27,29,33H,3-4,7,9,12,14,16-17,20H2,1-2H3,(H,34,35)/t23-,27+,29-/m1/s1. The first kappa shape index (κ1) is 26.1. The summed E-state index contributed by atoms with van der Waals surface area (Å²) < 4.78 is 5.35. The summed E-state index contributed by atoms with van der Waals surface area (Å²) in [5.41, 5.74) is 4.29. The second-order valence-corrected chi connectivity index (χ2v) is 10.1. The Morgan fingerprint density at radius 2 is 2.06 bits per heavy atom. The molecule has 0 bridgehead atoms. The van der Waals surface area contributed by atoms with Crippen molar-refractivity contribution >= 4 is 16.9 Å². The molecule has 0 amide bonds. The molecule has 0 radical (unpaired) electrons. The Bertz CT molecular complexity index is 1160. The fourth-order valence-corrected chi connectivity index (χ4v) is 5.52. The van der Waals surface area contributed by atoms with E-state index < -0.39 is 18.0 Å². The van der Waals surface area contributed by atoms with E-state index in [9.17, 15) is 15.0 Å². The van der Waals surface area contributed by atoms with Gasteiger partial charge in [0.25, 0.3) is 0 Å². The number of unbranched alkanes of at least 4 members (excludes halogenated alkanes) is 1. The Balaban J connectivity index is 1.29. The number of methoxy groups -OCH3 is 1. The van der Waals surface area contributed by atoms with Crippen LogP contribution in [-0.2, 0) is 11.2 Å². The number of pyridine rings is 1. The average Bonchev–Trinajstić information content (AvgIpc) is 2.89. The van der Waals surface area contributed by atoms with Gasteiger partial charge in [0.2, 0.25) is 0 Å². The van der Waals surface area contributed by atoms with Crippen LogP contribution in [0.1, 0.15) is 54.9 Å². The van der Waals surface area contributed by atoms with Gasteiger partial charge in [-0.1, -0.05) is 29.8 Å². The second kappa shape index (κ2) is 12.3. The van der Waals surface area contributed by atoms with Gasteiger partial charge < -0.3 is 19.8 Å². The molecule has 3 atom stereocenters. The van der Waals surface area contributed by atoms with E-state index in [0.717, 1.165) is 61.0 Å². The highest BCUT2D eigenvalue weighted by Crippen LogP contribution is 2.33. The van der Waals surface area contributed by atoms with Crippen molar-refractivity contribution in [2.24, 2.45) is 11.8 Å². The SMILES string of the molecule is COc1ccc2nccc([C@H](O)CC[C@@H]3CCN(CCCCc4cccc(C)c4)C[C@@H]3C(=O)O)c2c1. The molecule has 0 saturated carbocycles. The van der Waals surface area contributed by atoms with E-state index in [0.29, 0.717) is 19.4 Å². The van der Waals surface area contributed by atoms with Gasteiger partial charge in [-0.3, -0.25) is 9.78 Å². The molecule has 1 aromatic heterocycles. The van der Waals surface area contributed by atoms with E-state index in [1.807, 2.05) is 24.3 Å². The largest absolute Gasteiger partial charge is 0.497 e. The molecule has 1 aliphatic heterocycles. The van der Waals surface area contributed by atoms with Gasteiger partial charge in [0.1, 0.15) is 5.75 Å². The Kier molecular flexibility index (Phi) is 8.94. The van der Waals surface area contributed by atoms with Crippen molar-refractivity contribution < 1.29 is 19.7 Å². The van der Waals surface area contributed by atoms with Gasteiger partial charge in [0.05, 0.1) is 24.6 Å². The van der Waals surface area contributed by atoms with E-state index in [1.165, 1.54) is 11.1 Å². The topological polar surface area (TPSA) is 82.9 Å². The third-order valence-corrected chi connectivity index (χ3v) is 7.58. The van der Waals surface area contributed by atoms with Crippen molar-refractivity contribution in [1.82, 2.24) is 9.88 Å². The normalized spacial score (nSPS) is 19.3.